The van der Waals surface area contributed by atoms with Crippen molar-refractivity contribution in [1.29, 1.82) is 0 Å². The minimum atomic E-state index is 0.206. The first-order chi connectivity index (χ1) is 7.25. The van der Waals surface area contributed by atoms with Crippen molar-refractivity contribution in [2.24, 2.45) is 0 Å². The summed E-state index contributed by atoms with van der Waals surface area (Å²) in [5.74, 6) is 0. The number of aromatic nitrogens is 3. The van der Waals surface area contributed by atoms with E-state index in [0.29, 0.717) is 0 Å². The third-order valence-electron chi connectivity index (χ3n) is 2.28. The number of aryl methyl sites for hydroxylation is 1. The van der Waals surface area contributed by atoms with Gasteiger partial charge in [0.2, 0.25) is 0 Å². The van der Waals surface area contributed by atoms with Gasteiger partial charge in [-0.2, -0.15) is 5.10 Å². The van der Waals surface area contributed by atoms with Crippen molar-refractivity contribution in [2.45, 2.75) is 19.9 Å². The molecule has 0 fully saturated rings. The Bertz CT molecular complexity index is 405. The lowest BCUT2D eigenvalue weighted by Crippen LogP contribution is -2.07. The van der Waals surface area contributed by atoms with Crippen molar-refractivity contribution in [3.05, 3.63) is 42.0 Å². The number of rotatable bonds is 3. The number of anilines is 1. The zero-order chi connectivity index (χ0) is 10.7. The predicted molar refractivity (Wildman–Crippen MR) is 59.6 cm³/mol. The summed E-state index contributed by atoms with van der Waals surface area (Å²) >= 11 is 0. The quantitative estimate of drug-likeness (QED) is 0.802. The molecule has 2 N–H and O–H groups in total. The van der Waals surface area contributed by atoms with Gasteiger partial charge in [0.25, 0.3) is 0 Å². The van der Waals surface area contributed by atoms with Crippen molar-refractivity contribution in [3.8, 4) is 0 Å². The van der Waals surface area contributed by atoms with Gasteiger partial charge in [0.05, 0.1) is 23.6 Å². The van der Waals surface area contributed by atoms with E-state index >= 15 is 0 Å². The number of hydrogen-bond acceptors (Lipinski definition) is 3. The van der Waals surface area contributed by atoms with Gasteiger partial charge in [-0.25, -0.2) is 0 Å². The second-order valence-corrected chi connectivity index (χ2v) is 3.57. The van der Waals surface area contributed by atoms with Crippen LogP contribution in [0.3, 0.4) is 0 Å². The van der Waals surface area contributed by atoms with Crippen LogP contribution in [0.25, 0.3) is 0 Å². The van der Waals surface area contributed by atoms with E-state index in [1.54, 1.807) is 6.20 Å². The van der Waals surface area contributed by atoms with Crippen LogP contribution in [0.4, 0.5) is 5.69 Å². The summed E-state index contributed by atoms with van der Waals surface area (Å²) in [7, 11) is 0. The van der Waals surface area contributed by atoms with Gasteiger partial charge >= 0.3 is 0 Å². The smallest absolute Gasteiger partial charge is 0.0651 e. The van der Waals surface area contributed by atoms with Gasteiger partial charge < -0.3 is 5.32 Å². The van der Waals surface area contributed by atoms with E-state index in [9.17, 15) is 0 Å². The molecule has 0 amide bonds. The molecular formula is C11H14N4. The number of hydrogen-bond donors (Lipinski definition) is 2. The molecule has 78 valence electrons. The van der Waals surface area contributed by atoms with Gasteiger partial charge in [0, 0.05) is 11.9 Å². The highest BCUT2D eigenvalue weighted by atomic mass is 15.1. The SMILES string of the molecule is Cc1ccc(NC(C)c2ccn[nH]2)cn1. The maximum Gasteiger partial charge on any atom is 0.0651 e. The third kappa shape index (κ3) is 2.34. The fourth-order valence-corrected chi connectivity index (χ4v) is 1.39. The molecule has 4 heteroatoms. The Hall–Kier alpha value is -1.84. The molecule has 2 heterocycles. The first-order valence-corrected chi connectivity index (χ1v) is 4.94. The molecule has 1 unspecified atom stereocenters. The average Bonchev–Trinajstić information content (AvgIpc) is 2.74. The molecule has 0 aromatic carbocycles. The van der Waals surface area contributed by atoms with Crippen LogP contribution in [0.2, 0.25) is 0 Å². The highest BCUT2D eigenvalue weighted by molar-refractivity contribution is 5.42. The largest absolute Gasteiger partial charge is 0.376 e. The Balaban J connectivity index is 2.06. The Morgan fingerprint density at radius 1 is 1.33 bits per heavy atom. The van der Waals surface area contributed by atoms with Crippen LogP contribution in [0.5, 0.6) is 0 Å². The van der Waals surface area contributed by atoms with Crippen LogP contribution in [-0.4, -0.2) is 15.2 Å². The third-order valence-corrected chi connectivity index (χ3v) is 2.28. The van der Waals surface area contributed by atoms with E-state index in [1.165, 1.54) is 0 Å². The van der Waals surface area contributed by atoms with Gasteiger partial charge in [-0.1, -0.05) is 0 Å². The Kier molecular flexibility index (Phi) is 2.67. The van der Waals surface area contributed by atoms with Gasteiger partial charge in [-0.05, 0) is 32.0 Å². The summed E-state index contributed by atoms with van der Waals surface area (Å²) in [6.07, 6.45) is 3.59. The Labute approximate surface area is 88.8 Å². The molecule has 15 heavy (non-hydrogen) atoms. The number of nitrogens with one attached hydrogen (secondary N) is 2. The van der Waals surface area contributed by atoms with E-state index in [-0.39, 0.29) is 6.04 Å². The fourth-order valence-electron chi connectivity index (χ4n) is 1.39. The molecule has 0 spiro atoms. The highest BCUT2D eigenvalue weighted by Gasteiger charge is 2.05. The lowest BCUT2D eigenvalue weighted by molar-refractivity contribution is 0.824. The molecular weight excluding hydrogens is 188 g/mol. The molecule has 0 bridgehead atoms. The lowest BCUT2D eigenvalue weighted by atomic mass is 10.2. The topological polar surface area (TPSA) is 53.6 Å². The summed E-state index contributed by atoms with van der Waals surface area (Å²) in [6, 6.07) is 6.17. The lowest BCUT2D eigenvalue weighted by Gasteiger charge is -2.12. The van der Waals surface area contributed by atoms with Gasteiger partial charge in [0.1, 0.15) is 0 Å². The minimum Gasteiger partial charge on any atom is -0.376 e. The summed E-state index contributed by atoms with van der Waals surface area (Å²) < 4.78 is 0. The second kappa shape index (κ2) is 4.13. The predicted octanol–water partition coefficient (Wildman–Crippen LogP) is 2.29. The molecule has 0 aliphatic carbocycles. The van der Waals surface area contributed by atoms with Crippen LogP contribution in [0.15, 0.2) is 30.6 Å². The standard InChI is InChI=1S/C11H14N4/c1-8-3-4-10(7-12-8)14-9(2)11-5-6-13-15-11/h3-7,9,14H,1-2H3,(H,13,15). The first kappa shape index (κ1) is 9.71. The molecule has 0 aliphatic heterocycles. The second-order valence-electron chi connectivity index (χ2n) is 3.57. The summed E-state index contributed by atoms with van der Waals surface area (Å²) in [6.45, 7) is 4.05. The zero-order valence-corrected chi connectivity index (χ0v) is 8.86. The van der Waals surface area contributed by atoms with E-state index in [4.69, 9.17) is 0 Å². The van der Waals surface area contributed by atoms with Gasteiger partial charge in [0.15, 0.2) is 0 Å². The Morgan fingerprint density at radius 3 is 2.80 bits per heavy atom. The van der Waals surface area contributed by atoms with E-state index in [2.05, 4.69) is 27.4 Å². The van der Waals surface area contributed by atoms with Gasteiger partial charge in [-0.3, -0.25) is 10.1 Å². The first-order valence-electron chi connectivity index (χ1n) is 4.94. The zero-order valence-electron chi connectivity index (χ0n) is 8.86. The van der Waals surface area contributed by atoms with Crippen LogP contribution < -0.4 is 5.32 Å². The molecule has 2 aromatic heterocycles. The normalized spacial score (nSPS) is 12.4. The van der Waals surface area contributed by atoms with Crippen molar-refractivity contribution >= 4 is 5.69 Å². The number of pyridine rings is 1. The molecule has 0 saturated carbocycles. The molecule has 0 radical (unpaired) electrons. The summed E-state index contributed by atoms with van der Waals surface area (Å²) in [5, 5.41) is 10.2. The number of aromatic amines is 1. The molecule has 0 saturated heterocycles. The van der Waals surface area contributed by atoms with Crippen LogP contribution in [-0.2, 0) is 0 Å². The van der Waals surface area contributed by atoms with Crippen LogP contribution >= 0.6 is 0 Å². The van der Waals surface area contributed by atoms with E-state index in [1.807, 2.05) is 31.3 Å². The Morgan fingerprint density at radius 2 is 2.20 bits per heavy atom. The maximum absolute atomic E-state index is 4.23. The van der Waals surface area contributed by atoms with Crippen molar-refractivity contribution < 1.29 is 0 Å². The van der Waals surface area contributed by atoms with Crippen molar-refractivity contribution in [2.75, 3.05) is 5.32 Å². The van der Waals surface area contributed by atoms with E-state index < -0.39 is 0 Å². The monoisotopic (exact) mass is 202 g/mol. The molecule has 2 aromatic rings. The van der Waals surface area contributed by atoms with Crippen molar-refractivity contribution in [3.63, 3.8) is 0 Å². The highest BCUT2D eigenvalue weighted by Crippen LogP contribution is 2.16. The number of nitrogens with zero attached hydrogens (tertiary/aromatic N) is 2. The van der Waals surface area contributed by atoms with Gasteiger partial charge in [-0.15, -0.1) is 0 Å². The molecule has 2 rings (SSSR count). The average molecular weight is 202 g/mol. The molecule has 1 atom stereocenters. The summed E-state index contributed by atoms with van der Waals surface area (Å²) in [4.78, 5) is 4.23. The van der Waals surface area contributed by atoms with Crippen LogP contribution in [0.1, 0.15) is 24.4 Å². The number of H-pyrrole nitrogens is 1. The summed E-state index contributed by atoms with van der Waals surface area (Å²) in [5.41, 5.74) is 3.10. The van der Waals surface area contributed by atoms with Crippen molar-refractivity contribution in [1.82, 2.24) is 15.2 Å². The maximum atomic E-state index is 4.23. The van der Waals surface area contributed by atoms with Crippen LogP contribution in [0, 0.1) is 6.92 Å². The fraction of sp³-hybridized carbons (Fsp3) is 0.273. The van der Waals surface area contributed by atoms with E-state index in [0.717, 1.165) is 17.1 Å². The molecule has 4 nitrogen and oxygen atoms in total. The molecule has 0 aliphatic rings. The minimum absolute atomic E-state index is 0.206.